The van der Waals surface area contributed by atoms with E-state index in [0.29, 0.717) is 17.3 Å². The van der Waals surface area contributed by atoms with Crippen LogP contribution < -0.4 is 32.6 Å². The molecule has 0 spiro atoms. The third-order valence-corrected chi connectivity index (χ3v) is 5.82. The molecule has 0 radical (unpaired) electrons. The molecule has 7 N–H and O–H groups in total. The van der Waals surface area contributed by atoms with Crippen molar-refractivity contribution in [2.45, 2.75) is 77.4 Å². The van der Waals surface area contributed by atoms with Gasteiger partial charge in [0.15, 0.2) is 0 Å². The molecule has 1 saturated heterocycles. The van der Waals surface area contributed by atoms with Crippen LogP contribution in [0.1, 0.15) is 71.4 Å². The molecule has 1 aliphatic heterocycles. The molecule has 2 aromatic rings. The van der Waals surface area contributed by atoms with E-state index in [-0.39, 0.29) is 23.0 Å². The molecule has 1 aromatic carbocycles. The molecular weight excluding hydrogens is 428 g/mol. The predicted octanol–water partition coefficient (Wildman–Crippen LogP) is 3.52. The molecule has 182 valence electrons. The fraction of sp³-hybridized carbons (Fsp3) is 0.500. The number of nitrogens with one attached hydrogen (secondary N) is 3. The lowest BCUT2D eigenvalue weighted by Crippen LogP contribution is -2.60. The fourth-order valence-electron chi connectivity index (χ4n) is 4.85. The molecule has 34 heavy (non-hydrogen) atoms. The van der Waals surface area contributed by atoms with Gasteiger partial charge in [-0.1, -0.05) is 19.9 Å². The molecule has 1 aromatic heterocycles. The summed E-state index contributed by atoms with van der Waals surface area (Å²) in [5.41, 5.74) is 2.90. The second kappa shape index (κ2) is 9.83. The minimum absolute atomic E-state index is 0.0319. The summed E-state index contributed by atoms with van der Waals surface area (Å²) in [5, 5.41) is 24.9. The zero-order chi connectivity index (χ0) is 25.1. The highest BCUT2D eigenvalue weighted by Crippen LogP contribution is 2.32. The van der Waals surface area contributed by atoms with Gasteiger partial charge >= 0.3 is 0 Å². The first kappa shape index (κ1) is 25.2. The first-order valence-corrected chi connectivity index (χ1v) is 11.4. The molecule has 0 aliphatic carbocycles. The summed E-state index contributed by atoms with van der Waals surface area (Å²) in [6, 6.07) is 8.19. The van der Waals surface area contributed by atoms with Crippen LogP contribution in [-0.4, -0.2) is 33.4 Å². The number of hydrazone groups is 1. The summed E-state index contributed by atoms with van der Waals surface area (Å²) < 4.78 is 0. The lowest BCUT2D eigenvalue weighted by Gasteiger charge is -2.46. The average molecular weight is 465 g/mol. The van der Waals surface area contributed by atoms with Gasteiger partial charge in [-0.15, -0.1) is 0 Å². The van der Waals surface area contributed by atoms with Gasteiger partial charge in [-0.05, 0) is 64.2 Å². The minimum Gasteiger partial charge on any atom is -0.366 e. The average Bonchev–Trinajstić information content (AvgIpc) is 2.71. The minimum atomic E-state index is -0.0319. The van der Waals surface area contributed by atoms with Crippen LogP contribution in [0.25, 0.3) is 0 Å². The third kappa shape index (κ3) is 6.12. The molecule has 0 saturated carbocycles. The van der Waals surface area contributed by atoms with Crippen LogP contribution in [0, 0.1) is 11.3 Å². The quantitative estimate of drug-likeness (QED) is 0.179. The monoisotopic (exact) mass is 464 g/mol. The van der Waals surface area contributed by atoms with E-state index in [9.17, 15) is 5.26 Å². The maximum atomic E-state index is 9.62. The van der Waals surface area contributed by atoms with Gasteiger partial charge in [-0.25, -0.2) is 10.8 Å². The Bertz CT molecular complexity index is 1070. The molecule has 0 amide bonds. The number of hydrazine groups is 1. The van der Waals surface area contributed by atoms with Gasteiger partial charge in [0.25, 0.3) is 0 Å². The summed E-state index contributed by atoms with van der Waals surface area (Å²) in [7, 11) is 0. The van der Waals surface area contributed by atoms with Gasteiger partial charge in [-0.2, -0.15) is 15.3 Å². The molecule has 0 atom stereocenters. The first-order chi connectivity index (χ1) is 15.9. The van der Waals surface area contributed by atoms with E-state index < -0.39 is 0 Å². The Balaban J connectivity index is 1.88. The molecule has 2 heterocycles. The number of nitrogens with two attached hydrogens (primary N) is 2. The number of nitrogens with zero attached hydrogens (tertiary/aromatic N) is 5. The number of hydrogen-bond donors (Lipinski definition) is 5. The lowest BCUT2D eigenvalue weighted by molar-refractivity contribution is 0.170. The van der Waals surface area contributed by atoms with Gasteiger partial charge in [-0.3, -0.25) is 5.01 Å². The Hall–Kier alpha value is -3.42. The first-order valence-electron chi connectivity index (χ1n) is 11.4. The number of benzene rings is 1. The SMILES string of the molecule is CC(C)c1ccc(Nc2ncc(C#N)c(NC3CC(C)(C)NC(C)(C)C3)n2)cc1N(N)/C=N\N. The van der Waals surface area contributed by atoms with Crippen LogP contribution in [0.4, 0.5) is 23.1 Å². The van der Waals surface area contributed by atoms with E-state index in [1.165, 1.54) is 17.5 Å². The summed E-state index contributed by atoms with van der Waals surface area (Å²) >= 11 is 0. The van der Waals surface area contributed by atoms with E-state index in [4.69, 9.17) is 11.7 Å². The molecule has 10 heteroatoms. The van der Waals surface area contributed by atoms with Gasteiger partial charge < -0.3 is 21.8 Å². The van der Waals surface area contributed by atoms with Crippen molar-refractivity contribution < 1.29 is 0 Å². The van der Waals surface area contributed by atoms with Crippen molar-refractivity contribution in [1.82, 2.24) is 15.3 Å². The summed E-state index contributed by atoms with van der Waals surface area (Å²) in [6.07, 6.45) is 4.70. The van der Waals surface area contributed by atoms with Gasteiger partial charge in [0.05, 0.1) is 11.9 Å². The lowest BCUT2D eigenvalue weighted by atomic mass is 9.79. The normalized spacial score (nSPS) is 17.5. The van der Waals surface area contributed by atoms with Crippen molar-refractivity contribution in [3.05, 3.63) is 35.5 Å². The van der Waals surface area contributed by atoms with E-state index in [1.54, 1.807) is 0 Å². The van der Waals surface area contributed by atoms with Crippen LogP contribution in [0.15, 0.2) is 29.5 Å². The number of piperidine rings is 1. The molecule has 1 aliphatic rings. The Morgan fingerprint density at radius 3 is 2.53 bits per heavy atom. The predicted molar refractivity (Wildman–Crippen MR) is 138 cm³/mol. The van der Waals surface area contributed by atoms with Crippen LogP contribution in [0.2, 0.25) is 0 Å². The summed E-state index contributed by atoms with van der Waals surface area (Å²) in [5.74, 6) is 12.5. The zero-order valence-corrected chi connectivity index (χ0v) is 20.8. The summed E-state index contributed by atoms with van der Waals surface area (Å²) in [4.78, 5) is 8.97. The Morgan fingerprint density at radius 2 is 1.94 bits per heavy atom. The Labute approximate surface area is 201 Å². The van der Waals surface area contributed by atoms with E-state index in [1.807, 2.05) is 18.2 Å². The molecule has 3 rings (SSSR count). The molecular formula is C24H36N10. The van der Waals surface area contributed by atoms with Crippen LogP contribution in [0.5, 0.6) is 0 Å². The third-order valence-electron chi connectivity index (χ3n) is 5.82. The van der Waals surface area contributed by atoms with E-state index >= 15 is 0 Å². The highest BCUT2D eigenvalue weighted by atomic mass is 15.4. The highest BCUT2D eigenvalue weighted by Gasteiger charge is 2.38. The zero-order valence-electron chi connectivity index (χ0n) is 20.8. The molecule has 0 unspecified atom stereocenters. The van der Waals surface area contributed by atoms with Crippen LogP contribution in [-0.2, 0) is 0 Å². The van der Waals surface area contributed by atoms with Crippen molar-refractivity contribution in [3.63, 3.8) is 0 Å². The summed E-state index contributed by atoms with van der Waals surface area (Å²) in [6.45, 7) is 12.9. The maximum Gasteiger partial charge on any atom is 0.229 e. The largest absolute Gasteiger partial charge is 0.366 e. The van der Waals surface area contributed by atoms with Crippen molar-refractivity contribution in [2.75, 3.05) is 15.6 Å². The highest BCUT2D eigenvalue weighted by molar-refractivity contribution is 5.81. The number of anilines is 4. The molecule has 10 nitrogen and oxygen atoms in total. The van der Waals surface area contributed by atoms with Gasteiger partial charge in [0, 0.05) is 22.8 Å². The Morgan fingerprint density at radius 1 is 1.26 bits per heavy atom. The van der Waals surface area contributed by atoms with Crippen LogP contribution >= 0.6 is 0 Å². The van der Waals surface area contributed by atoms with E-state index in [0.717, 1.165) is 29.8 Å². The standard InChI is InChI=1S/C24H36N10/c1-15(2)19-8-7-17(9-20(19)34(27)14-29-26)31-22-28-13-16(12-25)21(32-22)30-18-10-23(3,4)33-24(5,6)11-18/h7-9,13-15,18,33H,10-11,26-27H2,1-6H3,(H2,28,30,31,32)/b29-14-. The van der Waals surface area contributed by atoms with Crippen molar-refractivity contribution in [1.29, 1.82) is 5.26 Å². The van der Waals surface area contributed by atoms with Crippen molar-refractivity contribution >= 4 is 29.5 Å². The van der Waals surface area contributed by atoms with Gasteiger partial charge in [0.2, 0.25) is 5.95 Å². The molecule has 1 fully saturated rings. The number of hydrogen-bond acceptors (Lipinski definition) is 9. The second-order valence-electron chi connectivity index (χ2n) is 10.4. The van der Waals surface area contributed by atoms with Crippen LogP contribution in [0.3, 0.4) is 0 Å². The Kier molecular flexibility index (Phi) is 7.29. The number of nitriles is 1. The topological polar surface area (TPSA) is 153 Å². The number of aromatic nitrogens is 2. The number of rotatable bonds is 7. The van der Waals surface area contributed by atoms with Crippen molar-refractivity contribution in [2.24, 2.45) is 16.8 Å². The van der Waals surface area contributed by atoms with Gasteiger partial charge in [0.1, 0.15) is 23.8 Å². The van der Waals surface area contributed by atoms with E-state index in [2.05, 4.69) is 78.6 Å². The second-order valence-corrected chi connectivity index (χ2v) is 10.4. The molecule has 0 bridgehead atoms. The fourth-order valence-corrected chi connectivity index (χ4v) is 4.85. The van der Waals surface area contributed by atoms with Crippen molar-refractivity contribution in [3.8, 4) is 6.07 Å². The smallest absolute Gasteiger partial charge is 0.229 e. The maximum absolute atomic E-state index is 9.62.